The second-order valence-electron chi connectivity index (χ2n) is 7.05. The summed E-state index contributed by atoms with van der Waals surface area (Å²) < 4.78 is 2.00. The van der Waals surface area contributed by atoms with E-state index in [1.54, 1.807) is 11.3 Å². The maximum atomic E-state index is 12.7. The van der Waals surface area contributed by atoms with Crippen molar-refractivity contribution in [3.05, 3.63) is 68.6 Å². The van der Waals surface area contributed by atoms with Crippen LogP contribution in [0.25, 0.3) is 21.6 Å². The van der Waals surface area contributed by atoms with Crippen molar-refractivity contribution < 1.29 is 0 Å². The molecule has 0 radical (unpaired) electrons. The molecule has 0 saturated heterocycles. The second kappa shape index (κ2) is 8.02. The zero-order chi connectivity index (χ0) is 20.7. The Morgan fingerprint density at radius 3 is 2.90 bits per heavy atom. The van der Waals surface area contributed by atoms with Crippen LogP contribution in [-0.4, -0.2) is 24.7 Å². The standard InChI is InChI=1S/C21H18ClN5OS2/c1-2-10-27-18(12-6-8-13(22)9-7-12)25-26-21(27)29-11-16-23-19(28)17-14-4-3-5-15(14)30-20(17)24-16/h2,6-9H,1,3-5,10-11H2,(H,23,24,28). The number of thiophene rings is 1. The first-order valence-corrected chi connectivity index (χ1v) is 11.8. The van der Waals surface area contributed by atoms with Gasteiger partial charge in [0, 0.05) is 22.0 Å². The molecule has 4 aromatic rings. The summed E-state index contributed by atoms with van der Waals surface area (Å²) >= 11 is 9.15. The molecule has 0 fully saturated rings. The number of H-pyrrole nitrogens is 1. The molecule has 0 unspecified atom stereocenters. The molecule has 152 valence electrons. The minimum Gasteiger partial charge on any atom is -0.309 e. The lowest BCUT2D eigenvalue weighted by Gasteiger charge is -2.08. The molecule has 1 aromatic carbocycles. The predicted octanol–water partition coefficient (Wildman–Crippen LogP) is 4.86. The fraction of sp³-hybridized carbons (Fsp3) is 0.238. The number of rotatable bonds is 6. The normalized spacial score (nSPS) is 13.1. The van der Waals surface area contributed by atoms with E-state index in [9.17, 15) is 4.79 Å². The van der Waals surface area contributed by atoms with E-state index in [1.165, 1.54) is 22.2 Å². The zero-order valence-electron chi connectivity index (χ0n) is 16.0. The van der Waals surface area contributed by atoms with E-state index in [0.29, 0.717) is 23.1 Å². The predicted molar refractivity (Wildman–Crippen MR) is 122 cm³/mol. The first kappa shape index (κ1) is 19.5. The molecule has 0 bridgehead atoms. The lowest BCUT2D eigenvalue weighted by molar-refractivity contribution is 0.730. The fourth-order valence-electron chi connectivity index (χ4n) is 3.75. The molecule has 0 saturated carbocycles. The third-order valence-electron chi connectivity index (χ3n) is 5.09. The van der Waals surface area contributed by atoms with Crippen LogP contribution in [0.15, 0.2) is 46.9 Å². The number of fused-ring (bicyclic) bond motifs is 3. The molecule has 1 aliphatic carbocycles. The van der Waals surface area contributed by atoms with Crippen molar-refractivity contribution in [3.8, 4) is 11.4 Å². The van der Waals surface area contributed by atoms with Gasteiger partial charge in [-0.25, -0.2) is 4.98 Å². The molecule has 6 nitrogen and oxygen atoms in total. The maximum Gasteiger partial charge on any atom is 0.259 e. The van der Waals surface area contributed by atoms with E-state index >= 15 is 0 Å². The Labute approximate surface area is 186 Å². The molecular weight excluding hydrogens is 438 g/mol. The average Bonchev–Trinajstić information content (AvgIpc) is 3.42. The van der Waals surface area contributed by atoms with Crippen molar-refractivity contribution >= 4 is 44.9 Å². The Balaban J connectivity index is 1.43. The molecule has 9 heteroatoms. The second-order valence-corrected chi connectivity index (χ2v) is 9.51. The Kier molecular flexibility index (Phi) is 5.22. The van der Waals surface area contributed by atoms with Crippen LogP contribution < -0.4 is 5.56 Å². The maximum absolute atomic E-state index is 12.7. The summed E-state index contributed by atoms with van der Waals surface area (Å²) in [7, 11) is 0. The van der Waals surface area contributed by atoms with Gasteiger partial charge in [-0.3, -0.25) is 9.36 Å². The van der Waals surface area contributed by atoms with E-state index in [0.717, 1.165) is 46.0 Å². The lowest BCUT2D eigenvalue weighted by Crippen LogP contribution is -2.11. The van der Waals surface area contributed by atoms with E-state index < -0.39 is 0 Å². The van der Waals surface area contributed by atoms with Crippen LogP contribution in [0.1, 0.15) is 22.7 Å². The van der Waals surface area contributed by atoms with E-state index in [4.69, 9.17) is 16.6 Å². The largest absolute Gasteiger partial charge is 0.309 e. The summed E-state index contributed by atoms with van der Waals surface area (Å²) in [5, 5.41) is 10.9. The monoisotopic (exact) mass is 455 g/mol. The molecular formula is C21H18ClN5OS2. The van der Waals surface area contributed by atoms with Crippen LogP contribution in [0.5, 0.6) is 0 Å². The van der Waals surface area contributed by atoms with Crippen molar-refractivity contribution in [2.24, 2.45) is 0 Å². The SMILES string of the molecule is C=CCn1c(SCc2nc3sc4c(c3c(=O)[nH]2)CCC4)nnc1-c1ccc(Cl)cc1. The molecule has 0 aliphatic heterocycles. The Morgan fingerprint density at radius 1 is 1.27 bits per heavy atom. The highest BCUT2D eigenvalue weighted by Gasteiger charge is 2.21. The molecule has 0 amide bonds. The first-order chi connectivity index (χ1) is 14.6. The highest BCUT2D eigenvalue weighted by atomic mass is 35.5. The van der Waals surface area contributed by atoms with Crippen molar-refractivity contribution in [2.45, 2.75) is 36.7 Å². The third kappa shape index (κ3) is 3.49. The lowest BCUT2D eigenvalue weighted by atomic mass is 10.2. The summed E-state index contributed by atoms with van der Waals surface area (Å²) in [6.07, 6.45) is 4.97. The Hall–Kier alpha value is -2.42. The summed E-state index contributed by atoms with van der Waals surface area (Å²) in [6, 6.07) is 7.50. The Bertz CT molecular complexity index is 1310. The number of benzene rings is 1. The van der Waals surface area contributed by atoms with Crippen molar-refractivity contribution in [1.29, 1.82) is 0 Å². The van der Waals surface area contributed by atoms with Gasteiger partial charge in [0.25, 0.3) is 5.56 Å². The average molecular weight is 456 g/mol. The number of aromatic amines is 1. The molecule has 5 rings (SSSR count). The minimum atomic E-state index is -0.0376. The smallest absolute Gasteiger partial charge is 0.259 e. The summed E-state index contributed by atoms with van der Waals surface area (Å²) in [6.45, 7) is 4.43. The van der Waals surface area contributed by atoms with E-state index in [2.05, 4.69) is 21.8 Å². The van der Waals surface area contributed by atoms with Gasteiger partial charge in [-0.2, -0.15) is 0 Å². The van der Waals surface area contributed by atoms with Crippen LogP contribution >= 0.6 is 34.7 Å². The van der Waals surface area contributed by atoms with Crippen molar-refractivity contribution in [2.75, 3.05) is 0 Å². The van der Waals surface area contributed by atoms with Crippen LogP contribution in [0, 0.1) is 0 Å². The first-order valence-electron chi connectivity index (χ1n) is 9.60. The number of hydrogen-bond donors (Lipinski definition) is 1. The molecule has 3 heterocycles. The van der Waals surface area contributed by atoms with E-state index in [1.807, 2.05) is 34.9 Å². The van der Waals surface area contributed by atoms with Gasteiger partial charge in [-0.1, -0.05) is 29.4 Å². The van der Waals surface area contributed by atoms with Gasteiger partial charge in [0.05, 0.1) is 11.1 Å². The topological polar surface area (TPSA) is 76.5 Å². The molecule has 0 spiro atoms. The fourth-order valence-corrected chi connectivity index (χ4v) is 5.97. The van der Waals surface area contributed by atoms with Gasteiger partial charge in [-0.15, -0.1) is 28.1 Å². The number of halogens is 1. The van der Waals surface area contributed by atoms with Gasteiger partial charge in [0.1, 0.15) is 10.7 Å². The minimum absolute atomic E-state index is 0.0376. The zero-order valence-corrected chi connectivity index (χ0v) is 18.4. The highest BCUT2D eigenvalue weighted by molar-refractivity contribution is 7.98. The summed E-state index contributed by atoms with van der Waals surface area (Å²) in [4.78, 5) is 22.5. The summed E-state index contributed by atoms with van der Waals surface area (Å²) in [5.41, 5.74) is 2.09. The Morgan fingerprint density at radius 2 is 2.10 bits per heavy atom. The number of nitrogens with one attached hydrogen (secondary N) is 1. The van der Waals surface area contributed by atoms with Crippen LogP contribution in [0.4, 0.5) is 0 Å². The van der Waals surface area contributed by atoms with Crippen LogP contribution in [0.3, 0.4) is 0 Å². The quantitative estimate of drug-likeness (QED) is 0.331. The van der Waals surface area contributed by atoms with Gasteiger partial charge < -0.3 is 4.98 Å². The van der Waals surface area contributed by atoms with Crippen LogP contribution in [-0.2, 0) is 25.1 Å². The molecule has 0 atom stereocenters. The molecule has 30 heavy (non-hydrogen) atoms. The van der Waals surface area contributed by atoms with Gasteiger partial charge >= 0.3 is 0 Å². The number of aromatic nitrogens is 5. The van der Waals surface area contributed by atoms with Crippen molar-refractivity contribution in [3.63, 3.8) is 0 Å². The molecule has 1 aliphatic rings. The van der Waals surface area contributed by atoms with Gasteiger partial charge in [-0.05, 0) is 49.1 Å². The van der Waals surface area contributed by atoms with Crippen LogP contribution in [0.2, 0.25) is 5.02 Å². The number of aryl methyl sites for hydroxylation is 2. The van der Waals surface area contributed by atoms with Gasteiger partial charge in [0.15, 0.2) is 11.0 Å². The van der Waals surface area contributed by atoms with Crippen molar-refractivity contribution in [1.82, 2.24) is 24.7 Å². The number of hydrogen-bond acceptors (Lipinski definition) is 6. The number of nitrogens with zero attached hydrogens (tertiary/aromatic N) is 4. The van der Waals surface area contributed by atoms with Gasteiger partial charge in [0.2, 0.25) is 0 Å². The number of allylic oxidation sites excluding steroid dienone is 1. The molecule has 3 aromatic heterocycles. The molecule has 1 N–H and O–H groups in total. The number of thioether (sulfide) groups is 1. The highest BCUT2D eigenvalue weighted by Crippen LogP contribution is 2.35. The summed E-state index contributed by atoms with van der Waals surface area (Å²) in [5.74, 6) is 1.91. The third-order valence-corrected chi connectivity index (χ3v) is 7.51. The van der Waals surface area contributed by atoms with E-state index in [-0.39, 0.29) is 5.56 Å².